The summed E-state index contributed by atoms with van der Waals surface area (Å²) in [7, 11) is 0. The Morgan fingerprint density at radius 1 is 1.11 bits per heavy atom. The molecule has 3 amide bonds. The summed E-state index contributed by atoms with van der Waals surface area (Å²) < 4.78 is 22.2. The molecule has 0 radical (unpaired) electrons. The molecule has 2 heterocycles. The van der Waals surface area contributed by atoms with Crippen molar-refractivity contribution >= 4 is 29.3 Å². The number of ether oxygens (including phenoxy) is 1. The zero-order chi connectivity index (χ0) is 25.9. The van der Waals surface area contributed by atoms with Crippen LogP contribution in [-0.4, -0.2) is 26.7 Å². The number of aromatic nitrogens is 3. The Morgan fingerprint density at radius 3 is 2.56 bits per heavy atom. The average molecular weight is 495 g/mol. The second kappa shape index (κ2) is 10.3. The van der Waals surface area contributed by atoms with Crippen LogP contribution < -0.4 is 20.7 Å². The fourth-order valence-electron chi connectivity index (χ4n) is 3.50. The summed E-state index contributed by atoms with van der Waals surface area (Å²) in [5.41, 5.74) is 1.50. The molecule has 10 heteroatoms. The van der Waals surface area contributed by atoms with Crippen molar-refractivity contribution in [3.63, 3.8) is 0 Å². The van der Waals surface area contributed by atoms with Gasteiger partial charge >= 0.3 is 6.03 Å². The van der Waals surface area contributed by atoms with Crippen molar-refractivity contribution in [1.29, 1.82) is 0 Å². The lowest BCUT2D eigenvalue weighted by Crippen LogP contribution is -2.22. The number of halogens is 1. The number of urea groups is 1. The molecule has 1 fully saturated rings. The molecule has 1 aliphatic carbocycles. The Balaban J connectivity index is 1.37. The molecular weight excluding hydrogens is 463 g/mol. The van der Waals surface area contributed by atoms with Crippen molar-refractivity contribution in [2.75, 3.05) is 16.0 Å². The van der Waals surface area contributed by atoms with Crippen LogP contribution in [0.1, 0.15) is 51.8 Å². The smallest absolute Gasteiger partial charge is 0.324 e. The van der Waals surface area contributed by atoms with Crippen molar-refractivity contribution in [3.8, 4) is 5.75 Å². The molecule has 0 aliphatic heterocycles. The van der Waals surface area contributed by atoms with Gasteiger partial charge in [0.2, 0.25) is 5.91 Å². The van der Waals surface area contributed by atoms with E-state index in [1.165, 1.54) is 19.1 Å². The molecular formula is C26H31FN6O3. The SMILES string of the molecule is CC(=O)Nc1cc(COc2ccc(NC(=O)Nc3cc(C(C)(C)C)nn3CC3CC3)c(F)c2)ccn1. The summed E-state index contributed by atoms with van der Waals surface area (Å²) in [6.45, 7) is 8.50. The summed E-state index contributed by atoms with van der Waals surface area (Å²) in [4.78, 5) is 27.9. The molecule has 1 aromatic carbocycles. The average Bonchev–Trinajstić information content (AvgIpc) is 3.52. The van der Waals surface area contributed by atoms with Gasteiger partial charge in [-0.3, -0.25) is 10.1 Å². The van der Waals surface area contributed by atoms with Crippen LogP contribution in [0.15, 0.2) is 42.6 Å². The van der Waals surface area contributed by atoms with Gasteiger partial charge in [0, 0.05) is 37.2 Å². The van der Waals surface area contributed by atoms with E-state index < -0.39 is 11.8 Å². The van der Waals surface area contributed by atoms with Crippen molar-refractivity contribution in [2.45, 2.75) is 59.1 Å². The maximum Gasteiger partial charge on any atom is 0.324 e. The van der Waals surface area contributed by atoms with Crippen molar-refractivity contribution in [1.82, 2.24) is 14.8 Å². The van der Waals surface area contributed by atoms with Gasteiger partial charge in [-0.05, 0) is 48.6 Å². The van der Waals surface area contributed by atoms with Crippen molar-refractivity contribution < 1.29 is 18.7 Å². The minimum absolute atomic E-state index is 0.0287. The number of pyridine rings is 1. The highest BCUT2D eigenvalue weighted by atomic mass is 19.1. The van der Waals surface area contributed by atoms with Crippen molar-refractivity contribution in [2.24, 2.45) is 5.92 Å². The predicted molar refractivity (Wildman–Crippen MR) is 136 cm³/mol. The second-order valence-corrected chi connectivity index (χ2v) is 10.0. The normalized spacial score (nSPS) is 13.2. The van der Waals surface area contributed by atoms with Crippen LogP contribution in [-0.2, 0) is 23.4 Å². The number of anilines is 3. The number of hydrogen-bond donors (Lipinski definition) is 3. The fourth-order valence-corrected chi connectivity index (χ4v) is 3.50. The summed E-state index contributed by atoms with van der Waals surface area (Å²) >= 11 is 0. The maximum atomic E-state index is 14.7. The molecule has 3 N–H and O–H groups in total. The highest BCUT2D eigenvalue weighted by Crippen LogP contribution is 2.33. The first-order chi connectivity index (χ1) is 17.1. The van der Waals surface area contributed by atoms with Crippen LogP contribution in [0.5, 0.6) is 5.75 Å². The largest absolute Gasteiger partial charge is 0.489 e. The minimum atomic E-state index is -0.627. The van der Waals surface area contributed by atoms with E-state index in [-0.39, 0.29) is 23.6 Å². The van der Waals surface area contributed by atoms with Gasteiger partial charge in [0.25, 0.3) is 0 Å². The third-order valence-electron chi connectivity index (χ3n) is 5.64. The standard InChI is InChI=1S/C26H31FN6O3/c1-16(34)29-23-11-18(9-10-28-23)15-36-19-7-8-21(20(27)12-19)30-25(35)31-24-13-22(26(2,3)4)32-33(24)14-17-5-6-17/h7-13,17H,5-6,14-15H2,1-4H3,(H,28,29,34)(H2,30,31,35). The Hall–Kier alpha value is -3.95. The lowest BCUT2D eigenvalue weighted by molar-refractivity contribution is -0.114. The van der Waals surface area contributed by atoms with Crippen LogP contribution in [0.2, 0.25) is 0 Å². The van der Waals surface area contributed by atoms with Crippen LogP contribution in [0.25, 0.3) is 0 Å². The van der Waals surface area contributed by atoms with Gasteiger partial charge in [0.05, 0.1) is 11.4 Å². The quantitative estimate of drug-likeness (QED) is 0.393. The van der Waals surface area contributed by atoms with E-state index in [2.05, 4.69) is 46.8 Å². The van der Waals surface area contributed by atoms with Crippen LogP contribution >= 0.6 is 0 Å². The zero-order valence-corrected chi connectivity index (χ0v) is 20.9. The summed E-state index contributed by atoms with van der Waals surface area (Å²) in [6, 6.07) is 8.96. The third kappa shape index (κ3) is 6.80. The zero-order valence-electron chi connectivity index (χ0n) is 20.9. The number of carbonyl (C=O) groups excluding carboxylic acids is 2. The molecule has 0 spiro atoms. The molecule has 2 aromatic heterocycles. The van der Waals surface area contributed by atoms with Crippen LogP contribution in [0, 0.1) is 11.7 Å². The van der Waals surface area contributed by atoms with Gasteiger partial charge in [-0.15, -0.1) is 0 Å². The van der Waals surface area contributed by atoms with E-state index in [1.807, 2.05) is 10.7 Å². The van der Waals surface area contributed by atoms with Crippen LogP contribution in [0.4, 0.5) is 26.5 Å². The minimum Gasteiger partial charge on any atom is -0.489 e. The Kier molecular flexibility index (Phi) is 7.23. The first kappa shape index (κ1) is 25.2. The summed E-state index contributed by atoms with van der Waals surface area (Å²) in [5.74, 6) is 1.02. The first-order valence-corrected chi connectivity index (χ1v) is 11.9. The van der Waals surface area contributed by atoms with E-state index in [0.717, 1.165) is 30.6 Å². The van der Waals surface area contributed by atoms with E-state index >= 15 is 0 Å². The van der Waals surface area contributed by atoms with Crippen LogP contribution in [0.3, 0.4) is 0 Å². The number of amides is 3. The maximum absolute atomic E-state index is 14.7. The van der Waals surface area contributed by atoms with Crippen molar-refractivity contribution in [3.05, 3.63) is 59.7 Å². The van der Waals surface area contributed by atoms with Gasteiger partial charge < -0.3 is 15.4 Å². The highest BCUT2D eigenvalue weighted by molar-refractivity contribution is 5.99. The van der Waals surface area contributed by atoms with E-state index in [1.54, 1.807) is 24.4 Å². The first-order valence-electron chi connectivity index (χ1n) is 11.9. The van der Waals surface area contributed by atoms with Gasteiger partial charge in [-0.25, -0.2) is 18.9 Å². The molecule has 0 unspecified atom stereocenters. The molecule has 1 saturated carbocycles. The molecule has 4 rings (SSSR count). The number of nitrogens with one attached hydrogen (secondary N) is 3. The molecule has 190 valence electrons. The lowest BCUT2D eigenvalue weighted by atomic mass is 9.92. The molecule has 0 saturated heterocycles. The number of nitrogens with zero attached hydrogens (tertiary/aromatic N) is 3. The van der Waals surface area contributed by atoms with Gasteiger partial charge in [-0.2, -0.15) is 5.10 Å². The number of benzene rings is 1. The summed E-state index contributed by atoms with van der Waals surface area (Å²) in [5, 5.41) is 12.6. The van der Waals surface area contributed by atoms with E-state index in [0.29, 0.717) is 23.3 Å². The number of rotatable bonds is 8. The monoisotopic (exact) mass is 494 g/mol. The van der Waals surface area contributed by atoms with Gasteiger partial charge in [0.1, 0.15) is 29.8 Å². The predicted octanol–water partition coefficient (Wildman–Crippen LogP) is 5.31. The Morgan fingerprint density at radius 2 is 1.89 bits per heavy atom. The van der Waals surface area contributed by atoms with E-state index in [4.69, 9.17) is 4.74 Å². The molecule has 0 bridgehead atoms. The molecule has 36 heavy (non-hydrogen) atoms. The van der Waals surface area contributed by atoms with Gasteiger partial charge in [-0.1, -0.05) is 20.8 Å². The topological polar surface area (TPSA) is 110 Å². The molecule has 3 aromatic rings. The third-order valence-corrected chi connectivity index (χ3v) is 5.64. The Labute approximate surface area is 209 Å². The number of hydrogen-bond acceptors (Lipinski definition) is 5. The van der Waals surface area contributed by atoms with Gasteiger partial charge in [0.15, 0.2) is 0 Å². The molecule has 9 nitrogen and oxygen atoms in total. The Bertz CT molecular complexity index is 1260. The van der Waals surface area contributed by atoms with E-state index in [9.17, 15) is 14.0 Å². The fraction of sp³-hybridized carbons (Fsp3) is 0.385. The number of carbonyl (C=O) groups is 2. The lowest BCUT2D eigenvalue weighted by Gasteiger charge is -2.14. The summed E-state index contributed by atoms with van der Waals surface area (Å²) in [6.07, 6.45) is 3.87. The molecule has 0 atom stereocenters. The highest BCUT2D eigenvalue weighted by Gasteiger charge is 2.26. The second-order valence-electron chi connectivity index (χ2n) is 10.0. The molecule has 1 aliphatic rings.